The summed E-state index contributed by atoms with van der Waals surface area (Å²) < 4.78 is 2.20. The second-order valence-electron chi connectivity index (χ2n) is 3.80. The summed E-state index contributed by atoms with van der Waals surface area (Å²) in [6, 6.07) is 0. The van der Waals surface area contributed by atoms with E-state index < -0.39 is 0 Å². The van der Waals surface area contributed by atoms with Gasteiger partial charge in [0.25, 0.3) is 5.84 Å². The molecule has 0 amide bonds. The third kappa shape index (κ3) is 1.47. The van der Waals surface area contributed by atoms with Crippen LogP contribution < -0.4 is 0 Å². The summed E-state index contributed by atoms with van der Waals surface area (Å²) >= 11 is 3.94. The highest BCUT2D eigenvalue weighted by Crippen LogP contribution is 2.23. The first-order chi connectivity index (χ1) is 6.20. The molecule has 1 fully saturated rings. The second kappa shape index (κ2) is 3.33. The van der Waals surface area contributed by atoms with Crippen molar-refractivity contribution < 1.29 is 9.37 Å². The summed E-state index contributed by atoms with van der Waals surface area (Å²) in [5, 5.41) is 0.0197. The molecule has 0 saturated carbocycles. The maximum Gasteiger partial charge on any atom is 0.258 e. The molecule has 0 radical (unpaired) electrons. The van der Waals surface area contributed by atoms with E-state index in [0.717, 1.165) is 26.1 Å². The van der Waals surface area contributed by atoms with E-state index in [1.807, 2.05) is 0 Å². The lowest BCUT2D eigenvalue weighted by Gasteiger charge is -2.21. The van der Waals surface area contributed by atoms with Gasteiger partial charge in [0.05, 0.1) is 26.7 Å². The molecule has 0 spiro atoms. The van der Waals surface area contributed by atoms with Crippen molar-refractivity contribution in [3.63, 3.8) is 0 Å². The Labute approximate surface area is 83.8 Å². The van der Waals surface area contributed by atoms with E-state index in [-0.39, 0.29) is 11.0 Å². The topological polar surface area (TPSA) is 23.3 Å². The summed E-state index contributed by atoms with van der Waals surface area (Å²) in [7, 11) is 2.07. The molecule has 2 rings (SSSR count). The van der Waals surface area contributed by atoms with Crippen molar-refractivity contribution in [1.82, 2.24) is 4.90 Å². The minimum atomic E-state index is 0.0197. The first kappa shape index (κ1) is 9.06. The van der Waals surface area contributed by atoms with Crippen molar-refractivity contribution in [2.24, 2.45) is 5.92 Å². The maximum atomic E-state index is 11.2. The SMILES string of the molecule is C[N+]1=C2[C@H](C(=O)S)CCN2CCC1. The van der Waals surface area contributed by atoms with Crippen LogP contribution in [-0.2, 0) is 4.79 Å². The smallest absolute Gasteiger partial charge is 0.258 e. The van der Waals surface area contributed by atoms with E-state index in [0.29, 0.717) is 0 Å². The summed E-state index contributed by atoms with van der Waals surface area (Å²) in [6.07, 6.45) is 2.15. The van der Waals surface area contributed by atoms with Crippen LogP contribution in [-0.4, -0.2) is 47.1 Å². The average Bonchev–Trinajstić information content (AvgIpc) is 2.49. The predicted octanol–water partition coefficient (Wildman–Crippen LogP) is 0.209. The number of fused-ring (bicyclic) bond motifs is 1. The van der Waals surface area contributed by atoms with Gasteiger partial charge in [-0.3, -0.25) is 14.3 Å². The van der Waals surface area contributed by atoms with Gasteiger partial charge in [0, 0.05) is 12.8 Å². The fourth-order valence-electron chi connectivity index (χ4n) is 2.33. The lowest BCUT2D eigenvalue weighted by atomic mass is 10.1. The number of rotatable bonds is 1. The standard InChI is InChI=1S/C9H14N2OS/c1-10-4-2-5-11-6-3-7(8(10)11)9(12)13/h7H,2-6H2,1H3/p+1/t7-/m1/s1. The molecular weight excluding hydrogens is 184 g/mol. The van der Waals surface area contributed by atoms with E-state index in [2.05, 4.69) is 29.2 Å². The number of carbonyl (C=O) groups excluding carboxylic acids is 1. The Bertz CT molecular complexity index is 275. The summed E-state index contributed by atoms with van der Waals surface area (Å²) in [5.41, 5.74) is 0. The Morgan fingerprint density at radius 3 is 3.08 bits per heavy atom. The van der Waals surface area contributed by atoms with E-state index in [4.69, 9.17) is 0 Å². The Balaban J connectivity index is 2.31. The van der Waals surface area contributed by atoms with Crippen molar-refractivity contribution in [1.29, 1.82) is 0 Å². The van der Waals surface area contributed by atoms with Crippen LogP contribution in [0.1, 0.15) is 12.8 Å². The molecular formula is C9H15N2OS+. The zero-order valence-corrected chi connectivity index (χ0v) is 8.76. The van der Waals surface area contributed by atoms with Gasteiger partial charge in [-0.25, -0.2) is 0 Å². The normalized spacial score (nSPS) is 27.8. The quantitative estimate of drug-likeness (QED) is 0.482. The van der Waals surface area contributed by atoms with Gasteiger partial charge in [-0.05, 0) is 0 Å². The van der Waals surface area contributed by atoms with E-state index in [9.17, 15) is 4.79 Å². The molecule has 1 saturated heterocycles. The Morgan fingerprint density at radius 1 is 1.62 bits per heavy atom. The number of thiol groups is 1. The van der Waals surface area contributed by atoms with Crippen LogP contribution in [0.5, 0.6) is 0 Å². The van der Waals surface area contributed by atoms with Gasteiger partial charge >= 0.3 is 0 Å². The number of nitrogens with zero attached hydrogens (tertiary/aromatic N) is 2. The van der Waals surface area contributed by atoms with Gasteiger partial charge in [0.2, 0.25) is 5.12 Å². The molecule has 0 bridgehead atoms. The van der Waals surface area contributed by atoms with E-state index in [1.54, 1.807) is 0 Å². The van der Waals surface area contributed by atoms with Crippen LogP contribution in [0.15, 0.2) is 0 Å². The lowest BCUT2D eigenvalue weighted by molar-refractivity contribution is -0.509. The molecule has 0 aromatic heterocycles. The number of hydrogen-bond acceptors (Lipinski definition) is 2. The van der Waals surface area contributed by atoms with Gasteiger partial charge in [-0.2, -0.15) is 0 Å². The van der Waals surface area contributed by atoms with Gasteiger partial charge in [0.1, 0.15) is 5.92 Å². The van der Waals surface area contributed by atoms with E-state index >= 15 is 0 Å². The summed E-state index contributed by atoms with van der Waals surface area (Å²) in [6.45, 7) is 3.21. The molecule has 2 aliphatic heterocycles. The summed E-state index contributed by atoms with van der Waals surface area (Å²) in [5.74, 6) is 1.25. The molecule has 0 aliphatic carbocycles. The van der Waals surface area contributed by atoms with Crippen molar-refractivity contribution >= 4 is 23.6 Å². The number of amidine groups is 1. The van der Waals surface area contributed by atoms with Crippen molar-refractivity contribution in [2.75, 3.05) is 26.7 Å². The molecule has 2 heterocycles. The third-order valence-corrected chi connectivity index (χ3v) is 3.25. The maximum absolute atomic E-state index is 11.2. The van der Waals surface area contributed by atoms with Crippen molar-refractivity contribution in [3.8, 4) is 0 Å². The van der Waals surface area contributed by atoms with Crippen LogP contribution >= 0.6 is 12.6 Å². The minimum Gasteiger partial charge on any atom is -0.286 e. The van der Waals surface area contributed by atoms with Crippen molar-refractivity contribution in [3.05, 3.63) is 0 Å². The van der Waals surface area contributed by atoms with Gasteiger partial charge in [0.15, 0.2) is 0 Å². The first-order valence-corrected chi connectivity index (χ1v) is 5.20. The molecule has 0 unspecified atom stereocenters. The molecule has 1 atom stereocenters. The summed E-state index contributed by atoms with van der Waals surface area (Å²) in [4.78, 5) is 13.6. The van der Waals surface area contributed by atoms with Gasteiger partial charge < -0.3 is 0 Å². The fourth-order valence-corrected chi connectivity index (χ4v) is 2.57. The Hall–Kier alpha value is -0.510. The number of hydrogen-bond donors (Lipinski definition) is 1. The minimum absolute atomic E-state index is 0.0197. The highest BCUT2D eigenvalue weighted by atomic mass is 32.1. The lowest BCUT2D eigenvalue weighted by Crippen LogP contribution is -2.42. The first-order valence-electron chi connectivity index (χ1n) is 4.76. The van der Waals surface area contributed by atoms with Crippen LogP contribution in [0.2, 0.25) is 0 Å². The molecule has 3 nitrogen and oxygen atoms in total. The Morgan fingerprint density at radius 2 is 2.38 bits per heavy atom. The number of carbonyl (C=O) groups is 1. The van der Waals surface area contributed by atoms with E-state index in [1.165, 1.54) is 12.3 Å². The second-order valence-corrected chi connectivity index (χ2v) is 4.24. The highest BCUT2D eigenvalue weighted by Gasteiger charge is 2.42. The average molecular weight is 199 g/mol. The largest absolute Gasteiger partial charge is 0.286 e. The highest BCUT2D eigenvalue weighted by molar-refractivity contribution is 7.96. The fraction of sp³-hybridized carbons (Fsp3) is 0.778. The zero-order chi connectivity index (χ0) is 9.42. The van der Waals surface area contributed by atoms with Crippen LogP contribution in [0.25, 0.3) is 0 Å². The van der Waals surface area contributed by atoms with Crippen LogP contribution in [0.3, 0.4) is 0 Å². The molecule has 2 aliphatic rings. The molecule has 4 heteroatoms. The van der Waals surface area contributed by atoms with Gasteiger partial charge in [-0.15, -0.1) is 12.6 Å². The molecule has 13 heavy (non-hydrogen) atoms. The van der Waals surface area contributed by atoms with Crippen LogP contribution in [0.4, 0.5) is 0 Å². The molecule has 0 aromatic carbocycles. The monoisotopic (exact) mass is 199 g/mol. The van der Waals surface area contributed by atoms with Crippen molar-refractivity contribution in [2.45, 2.75) is 12.8 Å². The molecule has 0 N–H and O–H groups in total. The molecule has 72 valence electrons. The van der Waals surface area contributed by atoms with Gasteiger partial charge in [-0.1, -0.05) is 0 Å². The third-order valence-electron chi connectivity index (χ3n) is 2.93. The zero-order valence-electron chi connectivity index (χ0n) is 7.86. The Kier molecular flexibility index (Phi) is 2.32. The predicted molar refractivity (Wildman–Crippen MR) is 54.3 cm³/mol. The molecule has 0 aromatic rings. The van der Waals surface area contributed by atoms with Crippen LogP contribution in [0, 0.1) is 5.92 Å².